The monoisotopic (exact) mass is 336 g/mol. The van der Waals surface area contributed by atoms with Crippen molar-refractivity contribution in [3.8, 4) is 11.3 Å². The van der Waals surface area contributed by atoms with Crippen molar-refractivity contribution < 1.29 is 19.4 Å². The van der Waals surface area contributed by atoms with Gasteiger partial charge >= 0.3 is 5.97 Å². The lowest BCUT2D eigenvalue weighted by atomic mass is 10.1. The molecule has 2 N–H and O–H groups in total. The van der Waals surface area contributed by atoms with Crippen molar-refractivity contribution in [1.29, 1.82) is 0 Å². The third-order valence-corrected chi connectivity index (χ3v) is 4.01. The average Bonchev–Trinajstić information content (AvgIpc) is 2.95. The second-order valence-electron chi connectivity index (χ2n) is 5.74. The van der Waals surface area contributed by atoms with E-state index in [9.17, 15) is 14.7 Å². The van der Waals surface area contributed by atoms with Crippen molar-refractivity contribution in [1.82, 2.24) is 19.7 Å². The van der Waals surface area contributed by atoms with Gasteiger partial charge < -0.3 is 19.1 Å². The van der Waals surface area contributed by atoms with Crippen molar-refractivity contribution in [2.45, 2.75) is 12.6 Å². The minimum Gasteiger partial charge on any atom is -0.465 e. The number of carbonyl (C=O) groups excluding carboxylic acids is 1. The molecule has 0 aromatic heterocycles. The van der Waals surface area contributed by atoms with Gasteiger partial charge in [0.25, 0.3) is 5.56 Å². The molecular weight excluding hydrogens is 316 g/mol. The van der Waals surface area contributed by atoms with Gasteiger partial charge in [-0.1, -0.05) is 0 Å². The van der Waals surface area contributed by atoms with Crippen LogP contribution in [0, 0.1) is 0 Å². The number of esters is 1. The Labute approximate surface area is 138 Å². The van der Waals surface area contributed by atoms with Crippen LogP contribution in [0.25, 0.3) is 11.3 Å². The Balaban J connectivity index is 1.80. The van der Waals surface area contributed by atoms with Gasteiger partial charge in [-0.25, -0.2) is 9.89 Å². The molecule has 1 atom stereocenters. The van der Waals surface area contributed by atoms with Crippen LogP contribution >= 0.6 is 0 Å². The molecule has 0 amide bonds. The minimum absolute atomic E-state index is 0.187. The van der Waals surface area contributed by atoms with Gasteiger partial charge in [-0.15, -0.1) is 0 Å². The number of aliphatic hydroxyl groups is 1. The molecule has 0 saturated carbocycles. The van der Waals surface area contributed by atoms with Gasteiger partial charge in [0.1, 0.15) is 11.3 Å². The molecule has 9 heteroatoms. The number of carbonyl (C=O) groups is 1. The minimum atomic E-state index is -0.641. The van der Waals surface area contributed by atoms with Crippen molar-refractivity contribution in [3.05, 3.63) is 28.3 Å². The molecule has 0 aromatic rings. The first-order valence-electron chi connectivity index (χ1n) is 7.73. The predicted molar refractivity (Wildman–Crippen MR) is 84.1 cm³/mol. The van der Waals surface area contributed by atoms with Gasteiger partial charge in [0, 0.05) is 38.6 Å². The van der Waals surface area contributed by atoms with E-state index in [-0.39, 0.29) is 28.9 Å². The van der Waals surface area contributed by atoms with E-state index in [1.54, 1.807) is 10.8 Å². The van der Waals surface area contributed by atoms with Gasteiger partial charge in [-0.05, 0) is 0 Å². The Morgan fingerprint density at radius 2 is 2.17 bits per heavy atom. The first kappa shape index (κ1) is 16.6. The molecular formula is C15H20N4O5. The SMILES string of the molecule is COC(=O)c1cn(C[C@@H](O)CN2CCOCC2)cc2c(=O)[nH]nc1-2. The summed E-state index contributed by atoms with van der Waals surface area (Å²) in [4.78, 5) is 25.9. The number of pyridine rings is 1. The standard InChI is InChI=1S/C15H20N4O5/c1-23-15(22)12-9-19(8-11-13(12)16-17-14(11)21)7-10(20)6-18-2-4-24-5-3-18/h8-10,20H,2-7H2,1H3,(H,17,21)/t10-/m0/s1. The summed E-state index contributed by atoms with van der Waals surface area (Å²) in [5.74, 6) is -0.580. The molecule has 0 bridgehead atoms. The summed E-state index contributed by atoms with van der Waals surface area (Å²) >= 11 is 0. The zero-order valence-electron chi connectivity index (χ0n) is 13.4. The number of H-pyrrole nitrogens is 1. The van der Waals surface area contributed by atoms with Gasteiger partial charge in [0.15, 0.2) is 0 Å². The summed E-state index contributed by atoms with van der Waals surface area (Å²) in [5, 5.41) is 16.5. The molecule has 3 aliphatic heterocycles. The number of aromatic amines is 1. The first-order valence-corrected chi connectivity index (χ1v) is 7.73. The maximum Gasteiger partial charge on any atom is 0.341 e. The Bertz CT molecular complexity index is 734. The lowest BCUT2D eigenvalue weighted by Gasteiger charge is -2.28. The number of nitrogens with one attached hydrogen (secondary N) is 1. The molecule has 0 unspecified atom stereocenters. The maximum atomic E-state index is 11.9. The number of β-amino-alcohol motifs (C(OH)–C–C–N with tert-alkyl or cyclic N) is 1. The van der Waals surface area contributed by atoms with E-state index in [2.05, 4.69) is 15.1 Å². The van der Waals surface area contributed by atoms with Crippen LogP contribution in [0.3, 0.4) is 0 Å². The number of aliphatic hydroxyl groups excluding tert-OH is 1. The molecule has 0 spiro atoms. The number of aromatic nitrogens is 3. The quantitative estimate of drug-likeness (QED) is 0.685. The molecule has 0 aromatic carbocycles. The Morgan fingerprint density at radius 1 is 1.42 bits per heavy atom. The third kappa shape index (κ3) is 3.48. The van der Waals surface area contributed by atoms with Crippen LogP contribution in [0.2, 0.25) is 0 Å². The number of morpholine rings is 1. The maximum absolute atomic E-state index is 11.9. The molecule has 3 aliphatic rings. The fraction of sp³-hybridized carbons (Fsp3) is 0.533. The van der Waals surface area contributed by atoms with Crippen LogP contribution in [-0.4, -0.2) is 76.8 Å². The number of hydrogen-bond acceptors (Lipinski definition) is 7. The van der Waals surface area contributed by atoms with Gasteiger partial charge in [-0.3, -0.25) is 9.69 Å². The topological polar surface area (TPSA) is 110 Å². The lowest BCUT2D eigenvalue weighted by Crippen LogP contribution is -2.42. The molecule has 130 valence electrons. The average molecular weight is 336 g/mol. The zero-order valence-corrected chi connectivity index (χ0v) is 13.4. The predicted octanol–water partition coefficient (Wildman–Crippen LogP) is -0.844. The van der Waals surface area contributed by atoms with Crippen LogP contribution in [0.5, 0.6) is 0 Å². The van der Waals surface area contributed by atoms with Crippen LogP contribution in [0.1, 0.15) is 10.4 Å². The van der Waals surface area contributed by atoms with Crippen LogP contribution in [0.15, 0.2) is 17.2 Å². The van der Waals surface area contributed by atoms with Gasteiger partial charge in [-0.2, -0.15) is 5.10 Å². The highest BCUT2D eigenvalue weighted by molar-refractivity contribution is 5.95. The number of fused-ring (bicyclic) bond motifs is 1. The van der Waals surface area contributed by atoms with E-state index in [1.165, 1.54) is 13.3 Å². The highest BCUT2D eigenvalue weighted by atomic mass is 16.5. The molecule has 9 nitrogen and oxygen atoms in total. The van der Waals surface area contributed by atoms with E-state index in [4.69, 9.17) is 9.47 Å². The van der Waals surface area contributed by atoms with Crippen LogP contribution in [-0.2, 0) is 16.0 Å². The summed E-state index contributed by atoms with van der Waals surface area (Å²) in [5.41, 5.74) is 0.362. The molecule has 0 radical (unpaired) electrons. The number of rotatable bonds is 5. The van der Waals surface area contributed by atoms with E-state index in [0.29, 0.717) is 19.8 Å². The van der Waals surface area contributed by atoms with E-state index < -0.39 is 12.1 Å². The highest BCUT2D eigenvalue weighted by Crippen LogP contribution is 2.20. The summed E-state index contributed by atoms with van der Waals surface area (Å²) in [7, 11) is 1.27. The summed E-state index contributed by atoms with van der Waals surface area (Å²) in [6.45, 7) is 3.63. The van der Waals surface area contributed by atoms with Crippen molar-refractivity contribution in [3.63, 3.8) is 0 Å². The van der Waals surface area contributed by atoms with Crippen molar-refractivity contribution >= 4 is 5.97 Å². The molecule has 1 saturated heterocycles. The number of nitrogens with zero attached hydrogens (tertiary/aromatic N) is 3. The molecule has 24 heavy (non-hydrogen) atoms. The zero-order chi connectivity index (χ0) is 17.1. The molecule has 3 rings (SSSR count). The van der Waals surface area contributed by atoms with Gasteiger partial charge in [0.05, 0.1) is 32.0 Å². The fourth-order valence-corrected chi connectivity index (χ4v) is 2.84. The third-order valence-electron chi connectivity index (χ3n) is 4.01. The second-order valence-corrected chi connectivity index (χ2v) is 5.74. The Morgan fingerprint density at radius 3 is 2.88 bits per heavy atom. The van der Waals surface area contributed by atoms with Crippen molar-refractivity contribution in [2.75, 3.05) is 40.0 Å². The fourth-order valence-electron chi connectivity index (χ4n) is 2.84. The summed E-state index contributed by atoms with van der Waals surface area (Å²) < 4.78 is 11.6. The van der Waals surface area contributed by atoms with E-state index in [0.717, 1.165) is 13.1 Å². The molecule has 1 fully saturated rings. The van der Waals surface area contributed by atoms with Crippen LogP contribution in [0.4, 0.5) is 0 Å². The summed E-state index contributed by atoms with van der Waals surface area (Å²) in [6.07, 6.45) is 2.48. The van der Waals surface area contributed by atoms with E-state index in [1.807, 2.05) is 0 Å². The lowest BCUT2D eigenvalue weighted by molar-refractivity contribution is 0.0114. The van der Waals surface area contributed by atoms with E-state index >= 15 is 0 Å². The first-order chi connectivity index (χ1) is 11.6. The Hall–Kier alpha value is -2.23. The molecule has 3 heterocycles. The highest BCUT2D eigenvalue weighted by Gasteiger charge is 2.23. The molecule has 0 aliphatic carbocycles. The normalized spacial score (nSPS) is 17.1. The van der Waals surface area contributed by atoms with Gasteiger partial charge in [0.2, 0.25) is 0 Å². The largest absolute Gasteiger partial charge is 0.465 e. The summed E-state index contributed by atoms with van der Waals surface area (Å²) in [6, 6.07) is 0. The number of ether oxygens (including phenoxy) is 2. The van der Waals surface area contributed by atoms with Crippen molar-refractivity contribution in [2.24, 2.45) is 0 Å². The second kappa shape index (κ2) is 7.12. The smallest absolute Gasteiger partial charge is 0.341 e. The number of hydrogen-bond donors (Lipinski definition) is 2. The number of methoxy groups -OCH3 is 1. The Kier molecular flexibility index (Phi) is 4.93. The van der Waals surface area contributed by atoms with Crippen LogP contribution < -0.4 is 5.56 Å².